The van der Waals surface area contributed by atoms with Crippen molar-refractivity contribution in [1.29, 1.82) is 0 Å². The van der Waals surface area contributed by atoms with Gasteiger partial charge in [-0.2, -0.15) is 0 Å². The van der Waals surface area contributed by atoms with E-state index >= 15 is 0 Å². The van der Waals surface area contributed by atoms with Gasteiger partial charge < -0.3 is 5.73 Å². The first kappa shape index (κ1) is 14.2. The second kappa shape index (κ2) is 6.77. The number of nitrogens with two attached hydrogens (primary N) is 1. The highest BCUT2D eigenvalue weighted by Gasteiger charge is 2.24. The molecule has 0 saturated heterocycles. The quantitative estimate of drug-likeness (QED) is 0.786. The Balaban J connectivity index is 2.36. The van der Waals surface area contributed by atoms with E-state index in [0.29, 0.717) is 0 Å². The summed E-state index contributed by atoms with van der Waals surface area (Å²) in [7, 11) is 2.18. The predicted octanol–water partition coefficient (Wildman–Crippen LogP) is 2.68. The molecule has 0 heterocycles. The van der Waals surface area contributed by atoms with Gasteiger partial charge in [0.2, 0.25) is 0 Å². The first-order chi connectivity index (χ1) is 8.12. The minimum absolute atomic E-state index is 0.149. The van der Waals surface area contributed by atoms with E-state index in [1.54, 1.807) is 0 Å². The van der Waals surface area contributed by atoms with Gasteiger partial charge in [0.15, 0.2) is 0 Å². The van der Waals surface area contributed by atoms with Gasteiger partial charge in [0, 0.05) is 12.1 Å². The average Bonchev–Trinajstić information content (AvgIpc) is 2.39. The second-order valence-electron chi connectivity index (χ2n) is 5.07. The Morgan fingerprint density at radius 1 is 1.24 bits per heavy atom. The zero-order valence-corrected chi connectivity index (χ0v) is 11.4. The number of nitrogens with zero attached hydrogens (tertiary/aromatic N) is 1. The number of aryl methyl sites for hydroxylation is 1. The third-order valence-corrected chi connectivity index (χ3v) is 3.92. The van der Waals surface area contributed by atoms with Crippen LogP contribution in [-0.2, 0) is 6.42 Å². The summed E-state index contributed by atoms with van der Waals surface area (Å²) in [4.78, 5) is 2.40. The van der Waals surface area contributed by atoms with E-state index in [1.165, 1.54) is 12.0 Å². The SMILES string of the molecule is CCC(C)(CN)N(C)CCCc1ccccc1. The molecule has 0 bridgehead atoms. The van der Waals surface area contributed by atoms with Crippen molar-refractivity contribution in [2.24, 2.45) is 5.73 Å². The van der Waals surface area contributed by atoms with Crippen molar-refractivity contribution in [3.05, 3.63) is 35.9 Å². The lowest BCUT2D eigenvalue weighted by Gasteiger charge is -2.37. The molecule has 2 nitrogen and oxygen atoms in total. The molecule has 1 unspecified atom stereocenters. The lowest BCUT2D eigenvalue weighted by Crippen LogP contribution is -2.49. The maximum atomic E-state index is 5.86. The van der Waals surface area contributed by atoms with E-state index in [1.807, 2.05) is 0 Å². The van der Waals surface area contributed by atoms with Gasteiger partial charge in [-0.15, -0.1) is 0 Å². The van der Waals surface area contributed by atoms with Gasteiger partial charge in [-0.3, -0.25) is 4.90 Å². The van der Waals surface area contributed by atoms with Gasteiger partial charge in [0.1, 0.15) is 0 Å². The van der Waals surface area contributed by atoms with Crippen LogP contribution in [0.3, 0.4) is 0 Å². The number of likely N-dealkylation sites (N-methyl/N-ethyl adjacent to an activating group) is 1. The largest absolute Gasteiger partial charge is 0.329 e. The van der Waals surface area contributed by atoms with Crippen LogP contribution in [0.25, 0.3) is 0 Å². The minimum Gasteiger partial charge on any atom is -0.329 e. The Kier molecular flexibility index (Phi) is 5.66. The van der Waals surface area contributed by atoms with Gasteiger partial charge >= 0.3 is 0 Å². The smallest absolute Gasteiger partial charge is 0.0297 e. The van der Waals surface area contributed by atoms with Crippen molar-refractivity contribution in [2.75, 3.05) is 20.1 Å². The van der Waals surface area contributed by atoms with Crippen LogP contribution in [0, 0.1) is 0 Å². The highest BCUT2D eigenvalue weighted by Crippen LogP contribution is 2.16. The molecule has 96 valence electrons. The second-order valence-corrected chi connectivity index (χ2v) is 5.07. The number of hydrogen-bond donors (Lipinski definition) is 1. The number of benzene rings is 1. The molecule has 1 aromatic rings. The molecule has 0 saturated carbocycles. The van der Waals surface area contributed by atoms with Crippen molar-refractivity contribution in [3.8, 4) is 0 Å². The van der Waals surface area contributed by atoms with Crippen LogP contribution < -0.4 is 5.73 Å². The Bertz CT molecular complexity index is 304. The summed E-state index contributed by atoms with van der Waals surface area (Å²) >= 11 is 0. The van der Waals surface area contributed by atoms with Crippen LogP contribution in [0.15, 0.2) is 30.3 Å². The molecule has 0 amide bonds. The monoisotopic (exact) mass is 234 g/mol. The lowest BCUT2D eigenvalue weighted by atomic mass is 9.96. The summed E-state index contributed by atoms with van der Waals surface area (Å²) in [5, 5.41) is 0. The Labute approximate surface area is 106 Å². The van der Waals surface area contributed by atoms with Crippen LogP contribution in [0.5, 0.6) is 0 Å². The fourth-order valence-electron chi connectivity index (χ4n) is 2.01. The average molecular weight is 234 g/mol. The highest BCUT2D eigenvalue weighted by molar-refractivity contribution is 5.14. The van der Waals surface area contributed by atoms with E-state index in [4.69, 9.17) is 5.73 Å². The maximum absolute atomic E-state index is 5.86. The first-order valence-corrected chi connectivity index (χ1v) is 6.57. The molecule has 0 aliphatic heterocycles. The lowest BCUT2D eigenvalue weighted by molar-refractivity contribution is 0.138. The van der Waals surface area contributed by atoms with Crippen molar-refractivity contribution in [1.82, 2.24) is 4.90 Å². The normalized spacial score (nSPS) is 14.9. The van der Waals surface area contributed by atoms with Crippen LogP contribution in [0.4, 0.5) is 0 Å². The molecular formula is C15H26N2. The van der Waals surface area contributed by atoms with E-state index in [-0.39, 0.29) is 5.54 Å². The fraction of sp³-hybridized carbons (Fsp3) is 0.600. The zero-order valence-electron chi connectivity index (χ0n) is 11.4. The van der Waals surface area contributed by atoms with E-state index in [2.05, 4.69) is 56.1 Å². The maximum Gasteiger partial charge on any atom is 0.0297 e. The van der Waals surface area contributed by atoms with Crippen LogP contribution in [0.1, 0.15) is 32.3 Å². The Hall–Kier alpha value is -0.860. The van der Waals surface area contributed by atoms with E-state index in [0.717, 1.165) is 25.9 Å². The van der Waals surface area contributed by atoms with Crippen molar-refractivity contribution in [2.45, 2.75) is 38.6 Å². The molecule has 2 N–H and O–H groups in total. The van der Waals surface area contributed by atoms with Gasteiger partial charge in [0.25, 0.3) is 0 Å². The van der Waals surface area contributed by atoms with Crippen LogP contribution in [0.2, 0.25) is 0 Å². The molecule has 2 heteroatoms. The summed E-state index contributed by atoms with van der Waals surface area (Å²) in [6, 6.07) is 10.7. The Morgan fingerprint density at radius 2 is 1.88 bits per heavy atom. The summed E-state index contributed by atoms with van der Waals surface area (Å²) in [6.45, 7) is 6.29. The fourth-order valence-corrected chi connectivity index (χ4v) is 2.01. The first-order valence-electron chi connectivity index (χ1n) is 6.57. The number of hydrogen-bond acceptors (Lipinski definition) is 2. The molecule has 0 aliphatic carbocycles. The Morgan fingerprint density at radius 3 is 2.41 bits per heavy atom. The van der Waals surface area contributed by atoms with E-state index in [9.17, 15) is 0 Å². The molecule has 0 radical (unpaired) electrons. The summed E-state index contributed by atoms with van der Waals surface area (Å²) < 4.78 is 0. The minimum atomic E-state index is 0.149. The van der Waals surface area contributed by atoms with E-state index < -0.39 is 0 Å². The number of rotatable bonds is 7. The topological polar surface area (TPSA) is 29.3 Å². The molecule has 0 aromatic heterocycles. The zero-order chi connectivity index (χ0) is 12.7. The third-order valence-electron chi connectivity index (χ3n) is 3.92. The molecule has 1 atom stereocenters. The molecule has 0 spiro atoms. The van der Waals surface area contributed by atoms with Crippen molar-refractivity contribution in [3.63, 3.8) is 0 Å². The van der Waals surface area contributed by atoms with Gasteiger partial charge in [-0.1, -0.05) is 37.3 Å². The summed E-state index contributed by atoms with van der Waals surface area (Å²) in [5.74, 6) is 0. The molecule has 0 fully saturated rings. The predicted molar refractivity (Wildman–Crippen MR) is 75.1 cm³/mol. The molecule has 0 aliphatic rings. The highest BCUT2D eigenvalue weighted by atomic mass is 15.2. The van der Waals surface area contributed by atoms with Gasteiger partial charge in [0.05, 0.1) is 0 Å². The standard InChI is InChI=1S/C15H26N2/c1-4-15(2,13-16)17(3)12-8-11-14-9-6-5-7-10-14/h5-7,9-10H,4,8,11-13,16H2,1-3H3. The summed E-state index contributed by atoms with van der Waals surface area (Å²) in [5.41, 5.74) is 7.43. The molecule has 1 aromatic carbocycles. The molecular weight excluding hydrogens is 208 g/mol. The molecule has 1 rings (SSSR count). The van der Waals surface area contributed by atoms with Gasteiger partial charge in [-0.05, 0) is 45.3 Å². The van der Waals surface area contributed by atoms with Crippen LogP contribution in [-0.4, -0.2) is 30.6 Å². The van der Waals surface area contributed by atoms with Gasteiger partial charge in [-0.25, -0.2) is 0 Å². The molecule has 17 heavy (non-hydrogen) atoms. The van der Waals surface area contributed by atoms with Crippen LogP contribution >= 0.6 is 0 Å². The summed E-state index contributed by atoms with van der Waals surface area (Å²) in [6.07, 6.45) is 3.44. The van der Waals surface area contributed by atoms with Crippen molar-refractivity contribution < 1.29 is 0 Å². The third kappa shape index (κ3) is 4.14. The van der Waals surface area contributed by atoms with Crippen molar-refractivity contribution >= 4 is 0 Å².